The third-order valence-electron chi connectivity index (χ3n) is 4.82. The zero-order valence-electron chi connectivity index (χ0n) is 17.8. The third-order valence-corrected chi connectivity index (χ3v) is 4.82. The number of hydrazone groups is 2. The molecule has 0 aliphatic carbocycles. The minimum Gasteiger partial charge on any atom is -0.273 e. The number of benzene rings is 2. The second-order valence-electron chi connectivity index (χ2n) is 7.30. The summed E-state index contributed by atoms with van der Waals surface area (Å²) < 4.78 is 0. The fraction of sp³-hybridized carbons (Fsp3) is 0.120. The van der Waals surface area contributed by atoms with Crippen LogP contribution in [0.5, 0.6) is 0 Å². The molecular weight excluding hydrogens is 416 g/mol. The lowest BCUT2D eigenvalue weighted by Gasteiger charge is -2.01. The van der Waals surface area contributed by atoms with Crippen molar-refractivity contribution >= 4 is 46.0 Å². The van der Waals surface area contributed by atoms with Gasteiger partial charge in [0.1, 0.15) is 0 Å². The summed E-state index contributed by atoms with van der Waals surface area (Å²) in [4.78, 5) is 32.7. The van der Waals surface area contributed by atoms with Crippen molar-refractivity contribution in [2.75, 3.05) is 0 Å². The van der Waals surface area contributed by atoms with Crippen LogP contribution >= 0.6 is 0 Å². The second kappa shape index (κ2) is 10.7. The van der Waals surface area contributed by atoms with E-state index < -0.39 is 0 Å². The molecule has 2 amide bonds. The summed E-state index contributed by atoms with van der Waals surface area (Å²) in [5.74, 6) is -0.549. The Morgan fingerprint density at radius 1 is 0.667 bits per heavy atom. The Labute approximate surface area is 190 Å². The highest BCUT2D eigenvalue weighted by Crippen LogP contribution is 2.11. The van der Waals surface area contributed by atoms with Crippen LogP contribution < -0.4 is 10.9 Å². The molecule has 0 spiro atoms. The van der Waals surface area contributed by atoms with Crippen molar-refractivity contribution in [3.63, 3.8) is 0 Å². The predicted molar refractivity (Wildman–Crippen MR) is 129 cm³/mol. The molecule has 4 aromatic rings. The van der Waals surface area contributed by atoms with E-state index in [1.165, 1.54) is 12.4 Å². The Balaban J connectivity index is 1.16. The molecule has 0 fully saturated rings. The first-order chi connectivity index (χ1) is 16.2. The quantitative estimate of drug-likeness (QED) is 0.324. The fourth-order valence-corrected chi connectivity index (χ4v) is 3.17. The van der Waals surface area contributed by atoms with Gasteiger partial charge in [0.15, 0.2) is 0 Å². The highest BCUT2D eigenvalue weighted by molar-refractivity contribution is 5.87. The molecule has 0 atom stereocenters. The minimum atomic E-state index is -0.274. The number of hydrogen-bond donors (Lipinski definition) is 2. The molecule has 0 aliphatic heterocycles. The van der Waals surface area contributed by atoms with Crippen LogP contribution in [0, 0.1) is 0 Å². The number of carbonyl (C=O) groups is 2. The number of carbonyl (C=O) groups excluding carboxylic acids is 2. The van der Waals surface area contributed by atoms with E-state index in [4.69, 9.17) is 0 Å². The van der Waals surface area contributed by atoms with E-state index in [1.54, 1.807) is 0 Å². The second-order valence-corrected chi connectivity index (χ2v) is 7.30. The molecule has 8 nitrogen and oxygen atoms in total. The van der Waals surface area contributed by atoms with Crippen LogP contribution in [0.3, 0.4) is 0 Å². The van der Waals surface area contributed by atoms with Gasteiger partial charge >= 0.3 is 0 Å². The fourth-order valence-electron chi connectivity index (χ4n) is 3.17. The van der Waals surface area contributed by atoms with Gasteiger partial charge < -0.3 is 0 Å². The molecule has 0 saturated carbocycles. The number of fused-ring (bicyclic) bond motifs is 2. The lowest BCUT2D eigenvalue weighted by Crippen LogP contribution is -2.20. The van der Waals surface area contributed by atoms with Gasteiger partial charge in [0.2, 0.25) is 11.8 Å². The van der Waals surface area contributed by atoms with Crippen molar-refractivity contribution < 1.29 is 9.59 Å². The molecule has 4 rings (SSSR count). The van der Waals surface area contributed by atoms with Crippen LogP contribution in [0.2, 0.25) is 0 Å². The van der Waals surface area contributed by atoms with Crippen LogP contribution in [0.4, 0.5) is 0 Å². The number of hydrogen-bond acceptors (Lipinski definition) is 6. The molecule has 164 valence electrons. The Morgan fingerprint density at radius 3 is 1.61 bits per heavy atom. The molecule has 2 aromatic heterocycles. The first-order valence-electron chi connectivity index (χ1n) is 10.5. The Hall–Kier alpha value is -4.46. The number of para-hydroxylation sites is 2. The van der Waals surface area contributed by atoms with Gasteiger partial charge in [0, 0.05) is 23.6 Å². The summed E-state index contributed by atoms with van der Waals surface area (Å²) in [5, 5.41) is 9.94. The van der Waals surface area contributed by atoms with E-state index in [2.05, 4.69) is 31.0 Å². The van der Waals surface area contributed by atoms with Gasteiger partial charge in [-0.25, -0.2) is 20.8 Å². The van der Waals surface area contributed by atoms with Gasteiger partial charge in [-0.15, -0.1) is 0 Å². The average molecular weight is 438 g/mol. The largest absolute Gasteiger partial charge is 0.273 e. The first-order valence-corrected chi connectivity index (χ1v) is 10.5. The molecule has 33 heavy (non-hydrogen) atoms. The van der Waals surface area contributed by atoms with Crippen molar-refractivity contribution in [1.29, 1.82) is 0 Å². The van der Waals surface area contributed by atoms with E-state index in [-0.39, 0.29) is 24.7 Å². The van der Waals surface area contributed by atoms with Crippen LogP contribution in [0.1, 0.15) is 30.7 Å². The van der Waals surface area contributed by atoms with Crippen LogP contribution in [-0.2, 0) is 9.59 Å². The molecule has 0 radical (unpaired) electrons. The summed E-state index contributed by atoms with van der Waals surface area (Å²) in [5.41, 5.74) is 7.92. The molecule has 2 N–H and O–H groups in total. The van der Waals surface area contributed by atoms with E-state index in [1.807, 2.05) is 72.8 Å². The zero-order chi connectivity index (χ0) is 22.9. The number of nitrogens with zero attached hydrogens (tertiary/aromatic N) is 4. The van der Waals surface area contributed by atoms with Crippen molar-refractivity contribution in [3.8, 4) is 0 Å². The summed E-state index contributed by atoms with van der Waals surface area (Å²) >= 11 is 0. The maximum Gasteiger partial charge on any atom is 0.240 e. The zero-order valence-corrected chi connectivity index (χ0v) is 17.8. The summed E-state index contributed by atoms with van der Waals surface area (Å²) in [6.45, 7) is 0. The Morgan fingerprint density at radius 2 is 1.12 bits per heavy atom. The van der Waals surface area contributed by atoms with E-state index in [0.29, 0.717) is 17.8 Å². The van der Waals surface area contributed by atoms with Crippen LogP contribution in [0.15, 0.2) is 83.0 Å². The predicted octanol–water partition coefficient (Wildman–Crippen LogP) is 3.55. The smallest absolute Gasteiger partial charge is 0.240 e. The monoisotopic (exact) mass is 438 g/mol. The first kappa shape index (κ1) is 21.8. The lowest BCUT2D eigenvalue weighted by molar-refractivity contribution is -0.122. The average Bonchev–Trinajstić information content (AvgIpc) is 2.84. The maximum absolute atomic E-state index is 11.9. The van der Waals surface area contributed by atoms with E-state index in [0.717, 1.165) is 21.8 Å². The molecular formula is C25H22N6O2. The Bertz CT molecular complexity index is 1250. The van der Waals surface area contributed by atoms with Crippen molar-refractivity contribution in [2.45, 2.75) is 19.3 Å². The number of nitrogens with one attached hydrogen (secondary N) is 2. The van der Waals surface area contributed by atoms with Gasteiger partial charge in [-0.05, 0) is 30.7 Å². The van der Waals surface area contributed by atoms with Crippen molar-refractivity contribution in [2.24, 2.45) is 10.2 Å². The van der Waals surface area contributed by atoms with Crippen LogP contribution in [0.25, 0.3) is 21.8 Å². The maximum atomic E-state index is 11.9. The summed E-state index contributed by atoms with van der Waals surface area (Å²) in [6, 6.07) is 23.1. The van der Waals surface area contributed by atoms with Gasteiger partial charge in [-0.1, -0.05) is 48.5 Å². The molecule has 2 aromatic carbocycles. The van der Waals surface area contributed by atoms with Crippen molar-refractivity contribution in [1.82, 2.24) is 20.8 Å². The number of aromatic nitrogens is 2. The molecule has 0 bridgehead atoms. The molecule has 8 heteroatoms. The summed E-state index contributed by atoms with van der Waals surface area (Å²) in [6.07, 6.45) is 3.71. The molecule has 2 heterocycles. The van der Waals surface area contributed by atoms with Gasteiger partial charge in [0.25, 0.3) is 0 Å². The highest BCUT2D eigenvalue weighted by Gasteiger charge is 2.04. The van der Waals surface area contributed by atoms with Gasteiger partial charge in [0.05, 0.1) is 34.9 Å². The van der Waals surface area contributed by atoms with E-state index >= 15 is 0 Å². The standard InChI is InChI=1S/C25H22N6O2/c32-24(30-26-16-20-14-12-18-6-1-3-8-22(18)28-20)10-5-11-25(33)31-27-17-21-15-13-19-7-2-4-9-23(19)29-21/h1-4,6-9,12-17H,5,10-11H2,(H,30,32)(H,31,33)/b26-16-,27-17+. The SMILES string of the molecule is O=C(CCCC(=O)N/N=C/c1ccc2ccccc2n1)N/N=C\c1ccc2ccccc2n1. The molecule has 0 saturated heterocycles. The van der Waals surface area contributed by atoms with E-state index in [9.17, 15) is 9.59 Å². The topological polar surface area (TPSA) is 109 Å². The molecule has 0 unspecified atom stereocenters. The third kappa shape index (κ3) is 6.27. The molecule has 0 aliphatic rings. The Kier molecular flexibility index (Phi) is 7.07. The van der Waals surface area contributed by atoms with Crippen molar-refractivity contribution in [3.05, 3.63) is 84.2 Å². The van der Waals surface area contributed by atoms with Crippen LogP contribution in [-0.4, -0.2) is 34.2 Å². The normalized spacial score (nSPS) is 11.4. The number of amides is 2. The van der Waals surface area contributed by atoms with Gasteiger partial charge in [-0.3, -0.25) is 9.59 Å². The highest BCUT2D eigenvalue weighted by atomic mass is 16.2. The van der Waals surface area contributed by atoms with Gasteiger partial charge in [-0.2, -0.15) is 10.2 Å². The summed E-state index contributed by atoms with van der Waals surface area (Å²) in [7, 11) is 0. The number of pyridine rings is 2. The number of rotatable bonds is 8. The minimum absolute atomic E-state index is 0.172. The lowest BCUT2D eigenvalue weighted by atomic mass is 10.2.